The molecule has 102 valence electrons. The number of hydrogen-bond donors (Lipinski definition) is 0. The highest BCUT2D eigenvalue weighted by atomic mass is 16.5. The van der Waals surface area contributed by atoms with Crippen molar-refractivity contribution in [3.05, 3.63) is 30.1 Å². The topological polar surface area (TPSA) is 48.4 Å². The van der Waals surface area contributed by atoms with E-state index in [1.807, 2.05) is 26.0 Å². The van der Waals surface area contributed by atoms with Crippen LogP contribution in [0.5, 0.6) is 0 Å². The number of ether oxygens (including phenoxy) is 2. The van der Waals surface area contributed by atoms with Crippen LogP contribution in [0.1, 0.15) is 32.3 Å². The van der Waals surface area contributed by atoms with Gasteiger partial charge in [0.2, 0.25) is 0 Å². The first-order chi connectivity index (χ1) is 9.22. The SMILES string of the molecule is CCOCCC(=O)OC(C)CC#Cc1cccnc1. The van der Waals surface area contributed by atoms with Crippen LogP contribution in [0.25, 0.3) is 0 Å². The maximum Gasteiger partial charge on any atom is 0.308 e. The van der Waals surface area contributed by atoms with Crippen LogP contribution in [-0.4, -0.2) is 30.3 Å². The van der Waals surface area contributed by atoms with Crippen LogP contribution in [0.3, 0.4) is 0 Å². The maximum absolute atomic E-state index is 11.4. The first-order valence-corrected chi connectivity index (χ1v) is 6.38. The average molecular weight is 261 g/mol. The Morgan fingerprint density at radius 1 is 1.53 bits per heavy atom. The van der Waals surface area contributed by atoms with Gasteiger partial charge in [0.1, 0.15) is 6.10 Å². The Morgan fingerprint density at radius 2 is 2.37 bits per heavy atom. The number of carbonyl (C=O) groups excluding carboxylic acids is 1. The molecule has 0 aromatic carbocycles. The maximum atomic E-state index is 11.4. The molecule has 0 fully saturated rings. The Labute approximate surface area is 114 Å². The molecule has 4 heteroatoms. The first kappa shape index (κ1) is 15.2. The van der Waals surface area contributed by atoms with Gasteiger partial charge in [-0.25, -0.2) is 0 Å². The summed E-state index contributed by atoms with van der Waals surface area (Å²) < 4.78 is 10.3. The lowest BCUT2D eigenvalue weighted by Crippen LogP contribution is -2.15. The number of rotatable bonds is 6. The molecular weight excluding hydrogens is 242 g/mol. The molecule has 1 unspecified atom stereocenters. The molecule has 19 heavy (non-hydrogen) atoms. The smallest absolute Gasteiger partial charge is 0.308 e. The summed E-state index contributed by atoms with van der Waals surface area (Å²) in [6, 6.07) is 3.72. The van der Waals surface area contributed by atoms with Crippen molar-refractivity contribution in [2.45, 2.75) is 32.8 Å². The largest absolute Gasteiger partial charge is 0.462 e. The Kier molecular flexibility index (Phi) is 7.30. The van der Waals surface area contributed by atoms with Gasteiger partial charge < -0.3 is 9.47 Å². The molecule has 4 nitrogen and oxygen atoms in total. The minimum absolute atomic E-state index is 0.210. The fourth-order valence-electron chi connectivity index (χ4n) is 1.36. The van der Waals surface area contributed by atoms with Crippen LogP contribution < -0.4 is 0 Å². The van der Waals surface area contributed by atoms with Crippen molar-refractivity contribution in [2.75, 3.05) is 13.2 Å². The third-order valence-corrected chi connectivity index (χ3v) is 2.27. The third-order valence-electron chi connectivity index (χ3n) is 2.27. The quantitative estimate of drug-likeness (QED) is 0.447. The van der Waals surface area contributed by atoms with E-state index >= 15 is 0 Å². The molecule has 1 aromatic rings. The number of aromatic nitrogens is 1. The molecule has 0 spiro atoms. The van der Waals surface area contributed by atoms with Gasteiger partial charge in [-0.2, -0.15) is 0 Å². The highest BCUT2D eigenvalue weighted by Crippen LogP contribution is 2.00. The molecule has 0 aliphatic rings. The molecule has 1 atom stereocenters. The first-order valence-electron chi connectivity index (χ1n) is 6.38. The Balaban J connectivity index is 2.26. The summed E-state index contributed by atoms with van der Waals surface area (Å²) in [6.45, 7) is 4.74. The molecule has 0 saturated heterocycles. The van der Waals surface area contributed by atoms with Crippen molar-refractivity contribution in [3.8, 4) is 11.8 Å². The Hall–Kier alpha value is -1.86. The standard InChI is InChI=1S/C15H19NO3/c1-3-18-11-9-15(17)19-13(2)6-4-7-14-8-5-10-16-12-14/h5,8,10,12-13H,3,6,9,11H2,1-2H3. The van der Waals surface area contributed by atoms with E-state index in [-0.39, 0.29) is 18.5 Å². The molecule has 1 heterocycles. The van der Waals surface area contributed by atoms with Gasteiger partial charge in [0.05, 0.1) is 13.0 Å². The van der Waals surface area contributed by atoms with Crippen LogP contribution in [0.15, 0.2) is 24.5 Å². The summed E-state index contributed by atoms with van der Waals surface area (Å²) in [5.74, 6) is 5.70. The summed E-state index contributed by atoms with van der Waals surface area (Å²) in [4.78, 5) is 15.4. The monoisotopic (exact) mass is 261 g/mol. The van der Waals surface area contributed by atoms with Crippen LogP contribution in [0.2, 0.25) is 0 Å². The normalized spacial score (nSPS) is 11.3. The summed E-state index contributed by atoms with van der Waals surface area (Å²) in [6.07, 6.45) is 3.99. The second-order valence-electron chi connectivity index (χ2n) is 4.00. The lowest BCUT2D eigenvalue weighted by molar-refractivity contribution is -0.149. The summed E-state index contributed by atoms with van der Waals surface area (Å²) >= 11 is 0. The zero-order valence-electron chi connectivity index (χ0n) is 11.4. The van der Waals surface area contributed by atoms with E-state index in [0.717, 1.165) is 5.56 Å². The average Bonchev–Trinajstić information content (AvgIpc) is 2.40. The van der Waals surface area contributed by atoms with Gasteiger partial charge in [-0.05, 0) is 26.0 Å². The highest BCUT2D eigenvalue weighted by Gasteiger charge is 2.07. The van der Waals surface area contributed by atoms with Crippen LogP contribution in [0, 0.1) is 11.8 Å². The minimum atomic E-state index is -0.246. The van der Waals surface area contributed by atoms with Gasteiger partial charge >= 0.3 is 5.97 Å². The number of pyridine rings is 1. The van der Waals surface area contributed by atoms with Crippen molar-refractivity contribution in [1.29, 1.82) is 0 Å². The molecule has 0 bridgehead atoms. The van der Waals surface area contributed by atoms with E-state index in [4.69, 9.17) is 9.47 Å². The molecule has 0 N–H and O–H groups in total. The molecule has 0 radical (unpaired) electrons. The van der Waals surface area contributed by atoms with E-state index in [1.54, 1.807) is 12.4 Å². The summed E-state index contributed by atoms with van der Waals surface area (Å²) in [7, 11) is 0. The zero-order valence-corrected chi connectivity index (χ0v) is 11.4. The lowest BCUT2D eigenvalue weighted by Gasteiger charge is -2.10. The van der Waals surface area contributed by atoms with Gasteiger partial charge in [-0.15, -0.1) is 0 Å². The van der Waals surface area contributed by atoms with E-state index in [2.05, 4.69) is 16.8 Å². The van der Waals surface area contributed by atoms with Gasteiger partial charge in [0.25, 0.3) is 0 Å². The summed E-state index contributed by atoms with van der Waals surface area (Å²) in [5, 5.41) is 0. The third kappa shape index (κ3) is 7.22. The zero-order chi connectivity index (χ0) is 13.9. The molecule has 0 aliphatic carbocycles. The van der Waals surface area contributed by atoms with Crippen molar-refractivity contribution in [3.63, 3.8) is 0 Å². The molecule has 1 aromatic heterocycles. The van der Waals surface area contributed by atoms with Crippen LogP contribution >= 0.6 is 0 Å². The van der Waals surface area contributed by atoms with E-state index in [9.17, 15) is 4.79 Å². The van der Waals surface area contributed by atoms with Gasteiger partial charge in [-0.3, -0.25) is 9.78 Å². The predicted molar refractivity (Wildman–Crippen MR) is 72.4 cm³/mol. The van der Waals surface area contributed by atoms with Crippen LogP contribution in [-0.2, 0) is 14.3 Å². The molecule has 0 saturated carbocycles. The van der Waals surface area contributed by atoms with Crippen molar-refractivity contribution >= 4 is 5.97 Å². The lowest BCUT2D eigenvalue weighted by atomic mass is 10.2. The van der Waals surface area contributed by atoms with E-state index < -0.39 is 0 Å². The van der Waals surface area contributed by atoms with E-state index in [1.165, 1.54) is 0 Å². The fourth-order valence-corrected chi connectivity index (χ4v) is 1.36. The van der Waals surface area contributed by atoms with Crippen LogP contribution in [0.4, 0.5) is 0 Å². The second kappa shape index (κ2) is 9.12. The highest BCUT2D eigenvalue weighted by molar-refractivity contribution is 5.69. The number of nitrogens with zero attached hydrogens (tertiary/aromatic N) is 1. The number of carbonyl (C=O) groups is 1. The van der Waals surface area contributed by atoms with Crippen molar-refractivity contribution in [2.24, 2.45) is 0 Å². The molecule has 0 amide bonds. The van der Waals surface area contributed by atoms with Gasteiger partial charge in [0.15, 0.2) is 0 Å². The predicted octanol–water partition coefficient (Wildman–Crippen LogP) is 2.18. The Bertz CT molecular complexity index is 434. The van der Waals surface area contributed by atoms with Gasteiger partial charge in [-0.1, -0.05) is 11.8 Å². The number of hydrogen-bond acceptors (Lipinski definition) is 4. The van der Waals surface area contributed by atoms with Crippen molar-refractivity contribution in [1.82, 2.24) is 4.98 Å². The van der Waals surface area contributed by atoms with Crippen molar-refractivity contribution < 1.29 is 14.3 Å². The molecular formula is C15H19NO3. The molecule has 0 aliphatic heterocycles. The minimum Gasteiger partial charge on any atom is -0.462 e. The second-order valence-corrected chi connectivity index (χ2v) is 4.00. The fraction of sp³-hybridized carbons (Fsp3) is 0.467. The Morgan fingerprint density at radius 3 is 3.05 bits per heavy atom. The van der Waals surface area contributed by atoms with Gasteiger partial charge in [0, 0.05) is 31.0 Å². The summed E-state index contributed by atoms with van der Waals surface area (Å²) in [5.41, 5.74) is 0.859. The molecule has 1 rings (SSSR count). The van der Waals surface area contributed by atoms with E-state index in [0.29, 0.717) is 19.6 Å². The number of esters is 1.